The molecule has 0 amide bonds. The summed E-state index contributed by atoms with van der Waals surface area (Å²) in [6, 6.07) is -0.472. The van der Waals surface area contributed by atoms with Crippen molar-refractivity contribution < 1.29 is 34.8 Å². The first-order valence-electron chi connectivity index (χ1n) is 8.52. The van der Waals surface area contributed by atoms with E-state index in [0.29, 0.717) is 19.3 Å². The molecule has 0 radical (unpaired) electrons. The number of nitrogens with one attached hydrogen (secondary N) is 1. The van der Waals surface area contributed by atoms with Gasteiger partial charge in [0.25, 0.3) is 0 Å². The molecule has 1 aromatic heterocycles. The average Bonchev–Trinajstić information content (AvgIpc) is 3.14. The monoisotopic (exact) mass is 442 g/mol. The molecular formula is C16H16F6N4O2S. The fourth-order valence-electron chi connectivity index (χ4n) is 3.31. The Hall–Kier alpha value is -2.15. The molecule has 0 aliphatic heterocycles. The maximum Gasteiger partial charge on any atom is 0.416 e. The summed E-state index contributed by atoms with van der Waals surface area (Å²) in [4.78, 5) is -1.08. The summed E-state index contributed by atoms with van der Waals surface area (Å²) in [6.07, 6.45) is -5.28. The molecule has 6 nitrogen and oxygen atoms in total. The molecule has 1 fully saturated rings. The maximum atomic E-state index is 13.0. The van der Waals surface area contributed by atoms with Crippen LogP contribution in [0.15, 0.2) is 35.7 Å². The highest BCUT2D eigenvalue weighted by atomic mass is 32.2. The second-order valence-corrected chi connectivity index (χ2v) is 8.50. The Balaban J connectivity index is 1.88. The summed E-state index contributed by atoms with van der Waals surface area (Å²) < 4.78 is 107. The van der Waals surface area contributed by atoms with E-state index in [1.807, 2.05) is 0 Å². The third-order valence-corrected chi connectivity index (χ3v) is 6.20. The largest absolute Gasteiger partial charge is 0.416 e. The van der Waals surface area contributed by atoms with Crippen LogP contribution in [0.25, 0.3) is 0 Å². The van der Waals surface area contributed by atoms with Gasteiger partial charge in [0.05, 0.1) is 16.0 Å². The number of sulfonamides is 1. The smallest absolute Gasteiger partial charge is 0.317 e. The fraction of sp³-hybridized carbons (Fsp3) is 0.500. The van der Waals surface area contributed by atoms with Gasteiger partial charge >= 0.3 is 12.4 Å². The van der Waals surface area contributed by atoms with Crippen LogP contribution in [0.5, 0.6) is 0 Å². The number of benzene rings is 1. The first-order chi connectivity index (χ1) is 13.4. The van der Waals surface area contributed by atoms with Crippen LogP contribution in [-0.2, 0) is 22.4 Å². The van der Waals surface area contributed by atoms with Crippen molar-refractivity contribution in [3.05, 3.63) is 42.0 Å². The molecule has 0 spiro atoms. The molecule has 2 aromatic rings. The van der Waals surface area contributed by atoms with Crippen LogP contribution in [0.2, 0.25) is 0 Å². The van der Waals surface area contributed by atoms with Crippen LogP contribution >= 0.6 is 0 Å². The van der Waals surface area contributed by atoms with Gasteiger partial charge < -0.3 is 4.57 Å². The van der Waals surface area contributed by atoms with Gasteiger partial charge in [-0.25, -0.2) is 13.1 Å². The molecule has 29 heavy (non-hydrogen) atoms. The molecule has 3 rings (SSSR count). The van der Waals surface area contributed by atoms with E-state index >= 15 is 0 Å². The molecule has 1 aliphatic rings. The van der Waals surface area contributed by atoms with Gasteiger partial charge in [-0.3, -0.25) is 0 Å². The Morgan fingerprint density at radius 3 is 2.00 bits per heavy atom. The standard InChI is InChI=1S/C16H16F6N4O2S/c17-15(18,19)10-4-11(16(20,21)22)6-14(5-10)29(27,28)25-12-2-1-3-13(7-12)26-8-23-24-9-26/h4-6,8-9,12-13,25H,1-3,7H2/t12-,13+/m0/s1. The van der Waals surface area contributed by atoms with Crippen LogP contribution in [0.4, 0.5) is 26.3 Å². The molecule has 0 saturated heterocycles. The Morgan fingerprint density at radius 1 is 0.931 bits per heavy atom. The van der Waals surface area contributed by atoms with Gasteiger partial charge in [-0.05, 0) is 43.9 Å². The van der Waals surface area contributed by atoms with Crippen molar-refractivity contribution in [2.75, 3.05) is 0 Å². The Labute approximate surface area is 162 Å². The van der Waals surface area contributed by atoms with Crippen LogP contribution < -0.4 is 4.72 Å². The van der Waals surface area contributed by atoms with Crippen molar-refractivity contribution in [3.8, 4) is 0 Å². The quantitative estimate of drug-likeness (QED) is 0.732. The average molecular weight is 442 g/mol. The van der Waals surface area contributed by atoms with Gasteiger partial charge in [-0.2, -0.15) is 26.3 Å². The SMILES string of the molecule is O=S(=O)(N[C@H]1CCC[C@@H](n2cnnc2)C1)c1cc(C(F)(F)F)cc(C(F)(F)F)c1. The van der Waals surface area contributed by atoms with Crippen molar-refractivity contribution in [2.45, 2.75) is 55.0 Å². The van der Waals surface area contributed by atoms with Gasteiger partial charge in [0.15, 0.2) is 0 Å². The molecule has 0 bridgehead atoms. The highest BCUT2D eigenvalue weighted by Crippen LogP contribution is 2.37. The summed E-state index contributed by atoms with van der Waals surface area (Å²) >= 11 is 0. The van der Waals surface area contributed by atoms with E-state index in [4.69, 9.17) is 0 Å². The number of halogens is 6. The normalized spacial score (nSPS) is 21.3. The molecule has 1 aromatic carbocycles. The van der Waals surface area contributed by atoms with Gasteiger partial charge in [-0.1, -0.05) is 0 Å². The summed E-state index contributed by atoms with van der Waals surface area (Å²) in [5.74, 6) is 0. The lowest BCUT2D eigenvalue weighted by molar-refractivity contribution is -0.143. The second kappa shape index (κ2) is 7.59. The molecule has 1 heterocycles. The van der Waals surface area contributed by atoms with Gasteiger partial charge in [0, 0.05) is 12.1 Å². The topological polar surface area (TPSA) is 76.9 Å². The lowest BCUT2D eigenvalue weighted by atomic mass is 9.91. The minimum atomic E-state index is -5.13. The molecule has 1 N–H and O–H groups in total. The summed E-state index contributed by atoms with van der Waals surface area (Å²) in [5.41, 5.74) is -3.36. The lowest BCUT2D eigenvalue weighted by Crippen LogP contribution is -2.39. The second-order valence-electron chi connectivity index (χ2n) is 6.79. The fourth-order valence-corrected chi connectivity index (χ4v) is 4.66. The van der Waals surface area contributed by atoms with Crippen LogP contribution in [0.3, 0.4) is 0 Å². The Kier molecular flexibility index (Phi) is 5.64. The van der Waals surface area contributed by atoms with E-state index < -0.39 is 44.4 Å². The van der Waals surface area contributed by atoms with Crippen molar-refractivity contribution >= 4 is 10.0 Å². The third-order valence-electron chi connectivity index (χ3n) is 4.70. The number of rotatable bonds is 4. The van der Waals surface area contributed by atoms with E-state index in [1.165, 1.54) is 12.7 Å². The van der Waals surface area contributed by atoms with Crippen LogP contribution in [-0.4, -0.2) is 29.2 Å². The van der Waals surface area contributed by atoms with E-state index in [1.54, 1.807) is 4.57 Å². The molecule has 160 valence electrons. The third kappa shape index (κ3) is 5.07. The molecule has 0 unspecified atom stereocenters. The number of aromatic nitrogens is 3. The van der Waals surface area contributed by atoms with E-state index in [2.05, 4.69) is 14.9 Å². The van der Waals surface area contributed by atoms with Crippen molar-refractivity contribution in [2.24, 2.45) is 0 Å². The number of nitrogens with zero attached hydrogens (tertiary/aromatic N) is 3. The molecule has 2 atom stereocenters. The number of alkyl halides is 6. The Bertz CT molecular complexity index is 925. The predicted octanol–water partition coefficient (Wildman–Crippen LogP) is 3.78. The highest BCUT2D eigenvalue weighted by molar-refractivity contribution is 7.89. The minimum Gasteiger partial charge on any atom is -0.317 e. The number of hydrogen-bond donors (Lipinski definition) is 1. The van der Waals surface area contributed by atoms with E-state index in [-0.39, 0.29) is 24.2 Å². The first kappa shape index (κ1) is 21.6. The van der Waals surface area contributed by atoms with Gasteiger partial charge in [0.2, 0.25) is 10.0 Å². The molecule has 1 aliphatic carbocycles. The van der Waals surface area contributed by atoms with Crippen LogP contribution in [0.1, 0.15) is 42.9 Å². The molecular weight excluding hydrogens is 426 g/mol. The first-order valence-corrected chi connectivity index (χ1v) is 10.0. The molecule has 13 heteroatoms. The zero-order valence-corrected chi connectivity index (χ0v) is 15.5. The highest BCUT2D eigenvalue weighted by Gasteiger charge is 2.38. The van der Waals surface area contributed by atoms with Gasteiger partial charge in [-0.15, -0.1) is 10.2 Å². The van der Waals surface area contributed by atoms with Crippen molar-refractivity contribution in [1.29, 1.82) is 0 Å². The van der Waals surface area contributed by atoms with Gasteiger partial charge in [0.1, 0.15) is 12.7 Å². The maximum absolute atomic E-state index is 13.0. The molecule has 1 saturated carbocycles. The number of hydrogen-bond acceptors (Lipinski definition) is 4. The zero-order valence-electron chi connectivity index (χ0n) is 14.7. The van der Waals surface area contributed by atoms with Crippen molar-refractivity contribution in [1.82, 2.24) is 19.5 Å². The van der Waals surface area contributed by atoms with Crippen LogP contribution in [0, 0.1) is 0 Å². The summed E-state index contributed by atoms with van der Waals surface area (Å²) in [6.45, 7) is 0. The Morgan fingerprint density at radius 2 is 1.48 bits per heavy atom. The minimum absolute atomic E-state index is 0.109. The summed E-state index contributed by atoms with van der Waals surface area (Å²) in [5, 5.41) is 7.34. The van der Waals surface area contributed by atoms with Crippen molar-refractivity contribution in [3.63, 3.8) is 0 Å². The predicted molar refractivity (Wildman–Crippen MR) is 88.1 cm³/mol. The van der Waals surface area contributed by atoms with E-state index in [9.17, 15) is 34.8 Å². The lowest BCUT2D eigenvalue weighted by Gasteiger charge is -2.30. The summed E-state index contributed by atoms with van der Waals surface area (Å²) in [7, 11) is -4.61. The zero-order chi connectivity index (χ0) is 21.4. The van der Waals surface area contributed by atoms with E-state index in [0.717, 1.165) is 6.42 Å².